The maximum atomic E-state index is 10.0. The van der Waals surface area contributed by atoms with Gasteiger partial charge in [0.25, 0.3) is 0 Å². The topological polar surface area (TPSA) is 81.6 Å². The van der Waals surface area contributed by atoms with Gasteiger partial charge in [-0.2, -0.15) is 4.94 Å². The van der Waals surface area contributed by atoms with E-state index in [1.165, 1.54) is 12.1 Å². The number of benzene rings is 1. The molecule has 1 aromatic rings. The second-order valence-electron chi connectivity index (χ2n) is 2.35. The number of hydrogen-bond donors (Lipinski definition) is 1. The van der Waals surface area contributed by atoms with Crippen LogP contribution in [0, 0.1) is 10.1 Å². The van der Waals surface area contributed by atoms with Crippen molar-refractivity contribution >= 4 is 40.5 Å². The van der Waals surface area contributed by atoms with Crippen LogP contribution in [0.5, 0.6) is 0 Å². The molecule has 9 heteroatoms. The molecule has 2 N–H and O–H groups in total. The third-order valence-electron chi connectivity index (χ3n) is 1.36. The van der Waals surface area contributed by atoms with Crippen molar-refractivity contribution < 1.29 is 10.0 Å². The van der Waals surface area contributed by atoms with Crippen molar-refractivity contribution in [3.8, 4) is 0 Å². The number of nitrogens with zero attached hydrogens (tertiary/aromatic N) is 2. The summed E-state index contributed by atoms with van der Waals surface area (Å²) in [5.41, 5.74) is -0.0422. The Morgan fingerprint density at radius 2 is 1.80 bits per heavy atom. The van der Waals surface area contributed by atoms with E-state index in [2.05, 4.69) is 4.94 Å². The van der Waals surface area contributed by atoms with Gasteiger partial charge in [-0.15, -0.1) is 15.3 Å². The van der Waals surface area contributed by atoms with E-state index in [1.54, 1.807) is 0 Å². The van der Waals surface area contributed by atoms with Crippen molar-refractivity contribution in [1.82, 2.24) is 0 Å². The zero-order valence-corrected chi connectivity index (χ0v) is 9.25. The lowest BCUT2D eigenvalue weighted by molar-refractivity contribution is -0.762. The molecule has 0 aliphatic heterocycles. The van der Waals surface area contributed by atoms with E-state index in [1.807, 2.05) is 0 Å². The van der Waals surface area contributed by atoms with Gasteiger partial charge < -0.3 is 0 Å². The molecule has 0 bridgehead atoms. The molecule has 0 unspecified atom stereocenters. The van der Waals surface area contributed by atoms with E-state index < -0.39 is 5.09 Å². The van der Waals surface area contributed by atoms with Gasteiger partial charge in [0.1, 0.15) is 5.69 Å². The molecule has 15 heavy (non-hydrogen) atoms. The molecule has 1 rings (SSSR count). The molecule has 0 saturated heterocycles. The Morgan fingerprint density at radius 3 is 2.20 bits per heavy atom. The maximum Gasteiger partial charge on any atom is 0.318 e. The van der Waals surface area contributed by atoms with Crippen molar-refractivity contribution in [1.29, 1.82) is 0 Å². The van der Waals surface area contributed by atoms with Crippen molar-refractivity contribution in [3.63, 3.8) is 0 Å². The average Bonchev–Trinajstić information content (AvgIpc) is 1.99. The van der Waals surface area contributed by atoms with Gasteiger partial charge in [0.15, 0.2) is 0 Å². The molecule has 0 aliphatic carbocycles. The normalized spacial score (nSPS) is 9.87. The molecule has 0 spiro atoms. The van der Waals surface area contributed by atoms with Crippen LogP contribution in [0.4, 0.5) is 5.69 Å². The predicted molar refractivity (Wildman–Crippen MR) is 56.2 cm³/mol. The monoisotopic (exact) mass is 271 g/mol. The van der Waals surface area contributed by atoms with Crippen LogP contribution in [0.3, 0.4) is 0 Å². The molecule has 0 atom stereocenters. The highest BCUT2D eigenvalue weighted by Gasteiger charge is 2.15. The number of anilines is 1. The minimum atomic E-state index is -1.10. The van der Waals surface area contributed by atoms with Crippen molar-refractivity contribution in [2.45, 2.75) is 0 Å². The summed E-state index contributed by atoms with van der Waals surface area (Å²) >= 11 is 17.1. The first kappa shape index (κ1) is 12.1. The van der Waals surface area contributed by atoms with Gasteiger partial charge in [-0.1, -0.05) is 34.8 Å². The zero-order valence-electron chi connectivity index (χ0n) is 6.99. The molecule has 0 aromatic heterocycles. The minimum absolute atomic E-state index is 0.0388. The van der Waals surface area contributed by atoms with Gasteiger partial charge in [0.2, 0.25) is 0 Å². The van der Waals surface area contributed by atoms with Crippen LogP contribution in [0.25, 0.3) is 0 Å². The van der Waals surface area contributed by atoms with E-state index >= 15 is 0 Å². The van der Waals surface area contributed by atoms with Crippen LogP contribution in [0.2, 0.25) is 15.1 Å². The molecule has 0 aliphatic rings. The zero-order chi connectivity index (χ0) is 11.6. The fourth-order valence-electron chi connectivity index (χ4n) is 0.858. The van der Waals surface area contributed by atoms with Crippen molar-refractivity contribution in [2.24, 2.45) is 5.84 Å². The Hall–Kier alpha value is -0.950. The summed E-state index contributed by atoms with van der Waals surface area (Å²) in [5, 5.41) is 9.63. The lowest BCUT2D eigenvalue weighted by Crippen LogP contribution is -2.33. The van der Waals surface area contributed by atoms with E-state index in [-0.39, 0.29) is 20.8 Å². The number of rotatable bonds is 3. The number of hydrogen-bond acceptors (Lipinski definition) is 5. The highest BCUT2D eigenvalue weighted by Crippen LogP contribution is 2.35. The van der Waals surface area contributed by atoms with Crippen LogP contribution in [0.15, 0.2) is 12.1 Å². The molecule has 6 nitrogen and oxygen atoms in total. The van der Waals surface area contributed by atoms with Gasteiger partial charge in [-0.05, 0) is 12.1 Å². The number of hydrazine groups is 1. The fraction of sp³-hybridized carbons (Fsp3) is 0. The first-order valence-corrected chi connectivity index (χ1v) is 4.57. The maximum absolute atomic E-state index is 10.0. The second kappa shape index (κ2) is 4.71. The Balaban J connectivity index is 3.08. The van der Waals surface area contributed by atoms with Crippen LogP contribution < -0.4 is 11.0 Å². The van der Waals surface area contributed by atoms with Crippen LogP contribution in [-0.2, 0) is 4.94 Å². The third kappa shape index (κ3) is 3.00. The van der Waals surface area contributed by atoms with Gasteiger partial charge in [-0.3, -0.25) is 0 Å². The van der Waals surface area contributed by atoms with Gasteiger partial charge in [0, 0.05) is 5.02 Å². The summed E-state index contributed by atoms with van der Waals surface area (Å²) in [6.45, 7) is 0. The summed E-state index contributed by atoms with van der Waals surface area (Å²) in [7, 11) is 0. The molecule has 0 radical (unpaired) electrons. The second-order valence-corrected chi connectivity index (χ2v) is 3.60. The molecule has 1 aromatic carbocycles. The molecule has 0 fully saturated rings. The molecule has 0 heterocycles. The SMILES string of the molecule is NN(O[N+](=O)[O-])c1c(Cl)cc(Cl)cc1Cl. The molecule has 0 amide bonds. The summed E-state index contributed by atoms with van der Waals surface area (Å²) in [6.07, 6.45) is 0. The van der Waals surface area contributed by atoms with Gasteiger partial charge in [-0.25, -0.2) is 5.84 Å². The van der Waals surface area contributed by atoms with Crippen LogP contribution >= 0.6 is 34.8 Å². The van der Waals surface area contributed by atoms with E-state index in [9.17, 15) is 10.1 Å². The molecule has 82 valence electrons. The molecule has 0 saturated carbocycles. The Bertz CT molecular complexity index is 377. The molecular weight excluding hydrogens is 268 g/mol. The first-order valence-electron chi connectivity index (χ1n) is 3.43. The fourth-order valence-corrected chi connectivity index (χ4v) is 1.84. The summed E-state index contributed by atoms with van der Waals surface area (Å²) < 4.78 is 0. The van der Waals surface area contributed by atoms with Gasteiger partial charge in [0.05, 0.1) is 10.0 Å². The standard InChI is InChI=1S/C6H4Cl3N3O3/c7-3-1-4(8)6(5(9)2-3)11(10)15-12(13)14/h1-2H,10H2. The largest absolute Gasteiger partial charge is 0.318 e. The highest BCUT2D eigenvalue weighted by molar-refractivity contribution is 6.41. The summed E-state index contributed by atoms with van der Waals surface area (Å²) in [6, 6.07) is 2.65. The van der Waals surface area contributed by atoms with Crippen molar-refractivity contribution in [2.75, 3.05) is 5.17 Å². The van der Waals surface area contributed by atoms with Crippen LogP contribution in [-0.4, -0.2) is 5.09 Å². The average molecular weight is 272 g/mol. The minimum Gasteiger partial charge on any atom is -0.223 e. The van der Waals surface area contributed by atoms with Gasteiger partial charge >= 0.3 is 5.09 Å². The Kier molecular flexibility index (Phi) is 3.81. The van der Waals surface area contributed by atoms with E-state index in [0.29, 0.717) is 5.17 Å². The number of nitrogens with two attached hydrogens (primary N) is 1. The summed E-state index contributed by atoms with van der Waals surface area (Å²) in [5.74, 6) is 5.21. The molecular formula is C6H4Cl3N3O3. The Morgan fingerprint density at radius 1 is 1.33 bits per heavy atom. The van der Waals surface area contributed by atoms with Crippen LogP contribution in [0.1, 0.15) is 0 Å². The first-order chi connectivity index (χ1) is 6.91. The lowest BCUT2D eigenvalue weighted by Gasteiger charge is -2.17. The Labute approximate surface area is 99.1 Å². The number of halogens is 3. The van der Waals surface area contributed by atoms with E-state index in [4.69, 9.17) is 40.6 Å². The highest BCUT2D eigenvalue weighted by atomic mass is 35.5. The smallest absolute Gasteiger partial charge is 0.223 e. The third-order valence-corrected chi connectivity index (χ3v) is 2.15. The predicted octanol–water partition coefficient (Wildman–Crippen LogP) is 2.45. The summed E-state index contributed by atoms with van der Waals surface area (Å²) in [4.78, 5) is 14.0. The van der Waals surface area contributed by atoms with Crippen molar-refractivity contribution in [3.05, 3.63) is 37.3 Å². The quantitative estimate of drug-likeness (QED) is 0.519. The lowest BCUT2D eigenvalue weighted by atomic mass is 10.3. The van der Waals surface area contributed by atoms with E-state index in [0.717, 1.165) is 0 Å².